The van der Waals surface area contributed by atoms with Crippen molar-refractivity contribution < 1.29 is 34.1 Å². The zero-order valence-electron chi connectivity index (χ0n) is 17.4. The summed E-state index contributed by atoms with van der Waals surface area (Å²) in [6.45, 7) is 0.0741. The summed E-state index contributed by atoms with van der Waals surface area (Å²) in [6, 6.07) is 12.2. The standard InChI is InChI=1S/C22H26N2O7/c1-24(13-16-10-18(25)8-9-19(16)26)20(27)11-17(12-21(28)30-2)23-22(29)31-14-15-6-4-3-5-7-15/h3-10,17,25-26H,11-14H2,1-2H3,(H,23,29)/t17-/m0/s1. The molecule has 0 spiro atoms. The Balaban J connectivity index is 1.96. The van der Waals surface area contributed by atoms with Crippen LogP contribution in [0, 0.1) is 0 Å². The average molecular weight is 430 g/mol. The molecule has 1 atom stereocenters. The van der Waals surface area contributed by atoms with Gasteiger partial charge >= 0.3 is 12.1 Å². The average Bonchev–Trinajstić information content (AvgIpc) is 2.75. The predicted octanol–water partition coefficient (Wildman–Crippen LogP) is 2.30. The third-order valence-electron chi connectivity index (χ3n) is 4.49. The van der Waals surface area contributed by atoms with E-state index in [0.29, 0.717) is 5.56 Å². The van der Waals surface area contributed by atoms with Crippen LogP contribution in [0.3, 0.4) is 0 Å². The van der Waals surface area contributed by atoms with E-state index in [1.54, 1.807) is 12.1 Å². The van der Waals surface area contributed by atoms with E-state index in [9.17, 15) is 24.6 Å². The van der Waals surface area contributed by atoms with E-state index in [0.717, 1.165) is 5.56 Å². The van der Waals surface area contributed by atoms with Crippen molar-refractivity contribution in [1.82, 2.24) is 10.2 Å². The quantitative estimate of drug-likeness (QED) is 0.412. The number of phenols is 2. The first-order chi connectivity index (χ1) is 14.8. The number of amides is 2. The molecular weight excluding hydrogens is 404 g/mol. The molecule has 0 aliphatic heterocycles. The number of hydrogen-bond acceptors (Lipinski definition) is 7. The number of benzene rings is 2. The van der Waals surface area contributed by atoms with Gasteiger partial charge in [0.25, 0.3) is 0 Å². The summed E-state index contributed by atoms with van der Waals surface area (Å²) in [5.41, 5.74) is 1.15. The number of nitrogens with one attached hydrogen (secondary N) is 1. The van der Waals surface area contributed by atoms with Gasteiger partial charge in [0.2, 0.25) is 5.91 Å². The number of aromatic hydroxyl groups is 2. The maximum Gasteiger partial charge on any atom is 0.407 e. The summed E-state index contributed by atoms with van der Waals surface area (Å²) in [5, 5.41) is 22.0. The van der Waals surface area contributed by atoms with E-state index in [1.165, 1.54) is 37.3 Å². The Labute approximate surface area is 180 Å². The number of rotatable bonds is 9. The molecule has 0 saturated heterocycles. The SMILES string of the molecule is COC(=O)C[C@H](CC(=O)N(C)Cc1cc(O)ccc1O)NC(=O)OCc1ccccc1. The van der Waals surface area contributed by atoms with Gasteiger partial charge in [-0.3, -0.25) is 9.59 Å². The largest absolute Gasteiger partial charge is 0.508 e. The Morgan fingerprint density at radius 3 is 2.45 bits per heavy atom. The number of nitrogens with zero attached hydrogens (tertiary/aromatic N) is 1. The number of ether oxygens (including phenoxy) is 2. The summed E-state index contributed by atoms with van der Waals surface area (Å²) >= 11 is 0. The van der Waals surface area contributed by atoms with Crippen LogP contribution in [0.5, 0.6) is 11.5 Å². The highest BCUT2D eigenvalue weighted by molar-refractivity contribution is 5.79. The third kappa shape index (κ3) is 7.88. The molecule has 166 valence electrons. The van der Waals surface area contributed by atoms with Crippen molar-refractivity contribution in [2.45, 2.75) is 32.0 Å². The number of esters is 1. The minimum Gasteiger partial charge on any atom is -0.508 e. The Bertz CT molecular complexity index is 902. The van der Waals surface area contributed by atoms with Crippen LogP contribution in [-0.2, 0) is 32.2 Å². The Morgan fingerprint density at radius 2 is 1.77 bits per heavy atom. The van der Waals surface area contributed by atoms with E-state index in [-0.39, 0.29) is 43.4 Å². The molecule has 0 heterocycles. The summed E-state index contributed by atoms with van der Waals surface area (Å²) in [5.74, 6) is -1.08. The van der Waals surface area contributed by atoms with Crippen molar-refractivity contribution in [2.24, 2.45) is 0 Å². The van der Waals surface area contributed by atoms with Crippen molar-refractivity contribution in [3.63, 3.8) is 0 Å². The van der Waals surface area contributed by atoms with E-state index in [2.05, 4.69) is 10.1 Å². The fourth-order valence-corrected chi connectivity index (χ4v) is 2.80. The van der Waals surface area contributed by atoms with E-state index in [1.807, 2.05) is 18.2 Å². The maximum absolute atomic E-state index is 12.6. The van der Waals surface area contributed by atoms with Crippen LogP contribution >= 0.6 is 0 Å². The molecule has 0 radical (unpaired) electrons. The van der Waals surface area contributed by atoms with Gasteiger partial charge in [-0.15, -0.1) is 0 Å². The Kier molecular flexibility index (Phi) is 8.68. The van der Waals surface area contributed by atoms with Gasteiger partial charge in [-0.25, -0.2) is 4.79 Å². The molecule has 0 aliphatic rings. The lowest BCUT2D eigenvalue weighted by Crippen LogP contribution is -2.41. The van der Waals surface area contributed by atoms with Crippen molar-refractivity contribution in [1.29, 1.82) is 0 Å². The number of carbonyl (C=O) groups is 3. The van der Waals surface area contributed by atoms with Crippen LogP contribution < -0.4 is 5.32 Å². The second kappa shape index (κ2) is 11.4. The van der Waals surface area contributed by atoms with Crippen molar-refractivity contribution in [2.75, 3.05) is 14.2 Å². The number of alkyl carbamates (subject to hydrolysis) is 1. The molecule has 31 heavy (non-hydrogen) atoms. The highest BCUT2D eigenvalue weighted by Crippen LogP contribution is 2.23. The predicted molar refractivity (Wildman–Crippen MR) is 111 cm³/mol. The van der Waals surface area contributed by atoms with E-state index < -0.39 is 18.1 Å². The summed E-state index contributed by atoms with van der Waals surface area (Å²) in [7, 11) is 2.72. The van der Waals surface area contributed by atoms with Gasteiger partial charge in [0, 0.05) is 25.6 Å². The van der Waals surface area contributed by atoms with Gasteiger partial charge in [0.15, 0.2) is 0 Å². The molecule has 0 bridgehead atoms. The Morgan fingerprint density at radius 1 is 1.06 bits per heavy atom. The Hall–Kier alpha value is -3.75. The van der Waals surface area contributed by atoms with Crippen LogP contribution in [0.15, 0.2) is 48.5 Å². The molecule has 0 aliphatic carbocycles. The van der Waals surface area contributed by atoms with E-state index >= 15 is 0 Å². The van der Waals surface area contributed by atoms with Gasteiger partial charge in [-0.05, 0) is 23.8 Å². The first-order valence-electron chi connectivity index (χ1n) is 9.57. The molecule has 2 aromatic carbocycles. The van der Waals surface area contributed by atoms with Gasteiger partial charge in [0.1, 0.15) is 18.1 Å². The van der Waals surface area contributed by atoms with Crippen molar-refractivity contribution >= 4 is 18.0 Å². The van der Waals surface area contributed by atoms with E-state index in [4.69, 9.17) is 4.74 Å². The lowest BCUT2D eigenvalue weighted by molar-refractivity contribution is -0.141. The molecule has 0 fully saturated rings. The van der Waals surface area contributed by atoms with Gasteiger partial charge in [-0.1, -0.05) is 30.3 Å². The van der Waals surface area contributed by atoms with Crippen LogP contribution in [0.4, 0.5) is 4.79 Å². The highest BCUT2D eigenvalue weighted by Gasteiger charge is 2.23. The van der Waals surface area contributed by atoms with Gasteiger partial charge in [0.05, 0.1) is 19.6 Å². The molecule has 0 unspecified atom stereocenters. The molecule has 0 saturated carbocycles. The lowest BCUT2D eigenvalue weighted by Gasteiger charge is -2.22. The summed E-state index contributed by atoms with van der Waals surface area (Å²) < 4.78 is 9.79. The van der Waals surface area contributed by atoms with Gasteiger partial charge in [-0.2, -0.15) is 0 Å². The minimum atomic E-state index is -0.844. The maximum atomic E-state index is 12.6. The highest BCUT2D eigenvalue weighted by atomic mass is 16.5. The molecule has 2 rings (SSSR count). The topological polar surface area (TPSA) is 125 Å². The molecule has 9 nitrogen and oxygen atoms in total. The van der Waals surface area contributed by atoms with Crippen LogP contribution in [-0.4, -0.2) is 53.3 Å². The number of methoxy groups -OCH3 is 1. The smallest absolute Gasteiger partial charge is 0.407 e. The molecule has 9 heteroatoms. The first kappa shape index (κ1) is 23.5. The molecule has 0 aromatic heterocycles. The normalized spacial score (nSPS) is 11.3. The zero-order valence-corrected chi connectivity index (χ0v) is 17.4. The first-order valence-corrected chi connectivity index (χ1v) is 9.57. The van der Waals surface area contributed by atoms with Crippen molar-refractivity contribution in [3.05, 3.63) is 59.7 Å². The van der Waals surface area contributed by atoms with Crippen molar-refractivity contribution in [3.8, 4) is 11.5 Å². The molecule has 3 N–H and O–H groups in total. The minimum absolute atomic E-state index is 0.0302. The van der Waals surface area contributed by atoms with Crippen LogP contribution in [0.2, 0.25) is 0 Å². The van der Waals surface area contributed by atoms with Crippen LogP contribution in [0.25, 0.3) is 0 Å². The molecular formula is C22H26N2O7. The fraction of sp³-hybridized carbons (Fsp3) is 0.318. The van der Waals surface area contributed by atoms with Crippen LogP contribution in [0.1, 0.15) is 24.0 Å². The third-order valence-corrected chi connectivity index (χ3v) is 4.49. The number of carbonyl (C=O) groups excluding carboxylic acids is 3. The second-order valence-corrected chi connectivity index (χ2v) is 6.95. The second-order valence-electron chi connectivity index (χ2n) is 6.95. The molecule has 2 amide bonds. The lowest BCUT2D eigenvalue weighted by atomic mass is 10.1. The summed E-state index contributed by atoms with van der Waals surface area (Å²) in [4.78, 5) is 37.8. The molecule has 2 aromatic rings. The number of hydrogen-bond donors (Lipinski definition) is 3. The fourth-order valence-electron chi connectivity index (χ4n) is 2.80. The number of phenolic OH excluding ortho intramolecular Hbond substituents is 2. The monoisotopic (exact) mass is 430 g/mol. The zero-order chi connectivity index (χ0) is 22.8. The van der Waals surface area contributed by atoms with Gasteiger partial charge < -0.3 is 29.9 Å². The summed E-state index contributed by atoms with van der Waals surface area (Å²) in [6.07, 6.45) is -1.17.